The summed E-state index contributed by atoms with van der Waals surface area (Å²) >= 11 is 0. The largest absolute Gasteiger partial charge is 0.493 e. The molecule has 0 aliphatic carbocycles. The molecule has 144 valence electrons. The van der Waals surface area contributed by atoms with Crippen molar-refractivity contribution in [1.29, 1.82) is 0 Å². The lowest BCUT2D eigenvalue weighted by Crippen LogP contribution is -2.20. The molecule has 0 aliphatic heterocycles. The third-order valence-electron chi connectivity index (χ3n) is 4.21. The lowest BCUT2D eigenvalue weighted by Gasteiger charge is -2.13. The Bertz CT molecular complexity index is 935. The molecule has 28 heavy (non-hydrogen) atoms. The summed E-state index contributed by atoms with van der Waals surface area (Å²) in [7, 11) is 1.56. The van der Waals surface area contributed by atoms with Gasteiger partial charge in [-0.05, 0) is 49.2 Å². The van der Waals surface area contributed by atoms with Crippen molar-refractivity contribution in [2.24, 2.45) is 0 Å². The summed E-state index contributed by atoms with van der Waals surface area (Å²) in [6.07, 6.45) is 1.61. The van der Waals surface area contributed by atoms with Crippen LogP contribution in [0.15, 0.2) is 60.8 Å². The van der Waals surface area contributed by atoms with Crippen LogP contribution in [-0.2, 0) is 4.79 Å². The lowest BCUT2D eigenvalue weighted by atomic mass is 10.1. The number of methoxy groups -OCH3 is 1. The number of carbonyl (C=O) groups is 1. The highest BCUT2D eigenvalue weighted by Crippen LogP contribution is 2.26. The van der Waals surface area contributed by atoms with E-state index in [4.69, 9.17) is 9.47 Å². The van der Waals surface area contributed by atoms with Crippen molar-refractivity contribution in [3.05, 3.63) is 71.9 Å². The standard InChI is InChI=1S/C22H23N3O3/c1-15-7-6-8-16(2)22(15)25-20-12-11-17(13-23-20)24-21(26)14-28-19-10-5-4-9-18(19)27-3/h4-13H,14H2,1-3H3,(H,23,25)(H,24,26). The van der Waals surface area contributed by atoms with Gasteiger partial charge >= 0.3 is 0 Å². The highest BCUT2D eigenvalue weighted by atomic mass is 16.5. The number of benzene rings is 2. The summed E-state index contributed by atoms with van der Waals surface area (Å²) in [6, 6.07) is 16.9. The molecule has 0 aliphatic rings. The molecule has 0 atom stereocenters. The van der Waals surface area contributed by atoms with Crippen molar-refractivity contribution in [3.8, 4) is 11.5 Å². The quantitative estimate of drug-likeness (QED) is 0.636. The Morgan fingerprint density at radius 3 is 2.32 bits per heavy atom. The van der Waals surface area contributed by atoms with E-state index in [1.807, 2.05) is 50.2 Å². The van der Waals surface area contributed by atoms with Crippen LogP contribution >= 0.6 is 0 Å². The van der Waals surface area contributed by atoms with Crippen molar-refractivity contribution in [2.45, 2.75) is 13.8 Å². The van der Waals surface area contributed by atoms with E-state index in [2.05, 4.69) is 15.6 Å². The van der Waals surface area contributed by atoms with E-state index in [0.29, 0.717) is 23.0 Å². The zero-order chi connectivity index (χ0) is 19.9. The first-order valence-electron chi connectivity index (χ1n) is 8.92. The van der Waals surface area contributed by atoms with Crippen molar-refractivity contribution in [1.82, 2.24) is 4.98 Å². The van der Waals surface area contributed by atoms with Crippen LogP contribution in [0.25, 0.3) is 0 Å². The Morgan fingerprint density at radius 2 is 1.68 bits per heavy atom. The van der Waals surface area contributed by atoms with Crippen molar-refractivity contribution < 1.29 is 14.3 Å². The number of anilines is 3. The number of amides is 1. The summed E-state index contributed by atoms with van der Waals surface area (Å²) in [6.45, 7) is 3.97. The maximum absolute atomic E-state index is 12.1. The molecule has 1 amide bonds. The maximum Gasteiger partial charge on any atom is 0.262 e. The average Bonchev–Trinajstić information content (AvgIpc) is 2.71. The fourth-order valence-electron chi connectivity index (χ4n) is 2.76. The van der Waals surface area contributed by atoms with Crippen LogP contribution in [0.2, 0.25) is 0 Å². The molecule has 2 N–H and O–H groups in total. The van der Waals surface area contributed by atoms with Crippen LogP contribution in [0.4, 0.5) is 17.2 Å². The van der Waals surface area contributed by atoms with Gasteiger partial charge in [-0.25, -0.2) is 4.98 Å². The summed E-state index contributed by atoms with van der Waals surface area (Å²) in [4.78, 5) is 16.5. The molecule has 2 aromatic carbocycles. The maximum atomic E-state index is 12.1. The fraction of sp³-hybridized carbons (Fsp3) is 0.182. The number of pyridine rings is 1. The number of hydrogen-bond donors (Lipinski definition) is 2. The normalized spacial score (nSPS) is 10.2. The van der Waals surface area contributed by atoms with E-state index in [1.165, 1.54) is 0 Å². The summed E-state index contributed by atoms with van der Waals surface area (Å²) < 4.78 is 10.7. The fourth-order valence-corrected chi connectivity index (χ4v) is 2.76. The molecule has 0 spiro atoms. The molecule has 3 aromatic rings. The van der Waals surface area contributed by atoms with E-state index in [9.17, 15) is 4.79 Å². The Labute approximate surface area is 164 Å². The van der Waals surface area contributed by atoms with Gasteiger partial charge in [-0.15, -0.1) is 0 Å². The first-order chi connectivity index (χ1) is 13.6. The monoisotopic (exact) mass is 377 g/mol. The Hall–Kier alpha value is -3.54. The molecule has 0 unspecified atom stereocenters. The first kappa shape index (κ1) is 19.2. The minimum Gasteiger partial charge on any atom is -0.493 e. The number of nitrogens with zero attached hydrogens (tertiary/aromatic N) is 1. The number of nitrogens with one attached hydrogen (secondary N) is 2. The number of hydrogen-bond acceptors (Lipinski definition) is 5. The second kappa shape index (κ2) is 8.90. The Kier molecular flexibility index (Phi) is 6.11. The molecule has 0 saturated carbocycles. The topological polar surface area (TPSA) is 72.5 Å². The molecular formula is C22H23N3O3. The van der Waals surface area contributed by atoms with Gasteiger partial charge in [0, 0.05) is 5.69 Å². The van der Waals surface area contributed by atoms with Crippen LogP contribution in [0.1, 0.15) is 11.1 Å². The van der Waals surface area contributed by atoms with Gasteiger partial charge in [0.05, 0.1) is 19.0 Å². The van der Waals surface area contributed by atoms with Crippen LogP contribution in [-0.4, -0.2) is 24.6 Å². The lowest BCUT2D eigenvalue weighted by molar-refractivity contribution is -0.118. The summed E-state index contributed by atoms with van der Waals surface area (Å²) in [5, 5.41) is 6.09. The van der Waals surface area contributed by atoms with E-state index in [1.54, 1.807) is 31.5 Å². The molecule has 0 fully saturated rings. The van der Waals surface area contributed by atoms with Gasteiger partial charge in [0.1, 0.15) is 5.82 Å². The van der Waals surface area contributed by atoms with Crippen molar-refractivity contribution >= 4 is 23.1 Å². The molecule has 0 radical (unpaired) electrons. The molecule has 6 heteroatoms. The number of ether oxygens (including phenoxy) is 2. The molecule has 1 heterocycles. The van der Waals surface area contributed by atoms with E-state index < -0.39 is 0 Å². The number of rotatable bonds is 7. The second-order valence-corrected chi connectivity index (χ2v) is 6.31. The number of carbonyl (C=O) groups excluding carboxylic acids is 1. The van der Waals surface area contributed by atoms with E-state index >= 15 is 0 Å². The SMILES string of the molecule is COc1ccccc1OCC(=O)Nc1ccc(Nc2c(C)cccc2C)nc1. The van der Waals surface area contributed by atoms with Gasteiger partial charge in [-0.3, -0.25) is 4.79 Å². The van der Waals surface area contributed by atoms with Gasteiger partial charge < -0.3 is 20.1 Å². The molecule has 3 rings (SSSR count). The number of para-hydroxylation sites is 3. The van der Waals surface area contributed by atoms with Crippen LogP contribution in [0.3, 0.4) is 0 Å². The predicted molar refractivity (Wildman–Crippen MR) is 111 cm³/mol. The molecule has 0 bridgehead atoms. The minimum absolute atomic E-state index is 0.122. The van der Waals surface area contributed by atoms with Gasteiger partial charge in [-0.2, -0.15) is 0 Å². The third kappa shape index (κ3) is 4.79. The van der Waals surface area contributed by atoms with Crippen LogP contribution in [0, 0.1) is 13.8 Å². The smallest absolute Gasteiger partial charge is 0.262 e. The van der Waals surface area contributed by atoms with Crippen LogP contribution < -0.4 is 20.1 Å². The van der Waals surface area contributed by atoms with Gasteiger partial charge in [-0.1, -0.05) is 30.3 Å². The van der Waals surface area contributed by atoms with Crippen LogP contribution in [0.5, 0.6) is 11.5 Å². The van der Waals surface area contributed by atoms with E-state index in [0.717, 1.165) is 16.8 Å². The third-order valence-corrected chi connectivity index (χ3v) is 4.21. The van der Waals surface area contributed by atoms with Gasteiger partial charge in [0.2, 0.25) is 0 Å². The molecular weight excluding hydrogens is 354 g/mol. The number of aryl methyl sites for hydroxylation is 2. The predicted octanol–water partition coefficient (Wildman–Crippen LogP) is 4.47. The minimum atomic E-state index is -0.275. The summed E-state index contributed by atoms with van der Waals surface area (Å²) in [5.41, 5.74) is 3.93. The van der Waals surface area contributed by atoms with E-state index in [-0.39, 0.29) is 12.5 Å². The zero-order valence-electron chi connectivity index (χ0n) is 16.2. The highest BCUT2D eigenvalue weighted by Gasteiger charge is 2.08. The van der Waals surface area contributed by atoms with Crippen molar-refractivity contribution in [3.63, 3.8) is 0 Å². The number of aromatic nitrogens is 1. The average molecular weight is 377 g/mol. The van der Waals surface area contributed by atoms with Crippen molar-refractivity contribution in [2.75, 3.05) is 24.4 Å². The zero-order valence-corrected chi connectivity index (χ0v) is 16.2. The van der Waals surface area contributed by atoms with Gasteiger partial charge in [0.15, 0.2) is 18.1 Å². The molecule has 1 aromatic heterocycles. The Morgan fingerprint density at radius 1 is 0.964 bits per heavy atom. The molecule has 0 saturated heterocycles. The highest BCUT2D eigenvalue weighted by molar-refractivity contribution is 5.91. The second-order valence-electron chi connectivity index (χ2n) is 6.31. The van der Waals surface area contributed by atoms with Gasteiger partial charge in [0.25, 0.3) is 5.91 Å². The Balaban J connectivity index is 1.57. The summed E-state index contributed by atoms with van der Waals surface area (Å²) in [5.74, 6) is 1.54. The molecule has 6 nitrogen and oxygen atoms in total. The first-order valence-corrected chi connectivity index (χ1v) is 8.92.